The lowest BCUT2D eigenvalue weighted by Crippen LogP contribution is -2.29. The third-order valence-electron chi connectivity index (χ3n) is 3.64. The molecule has 2 rings (SSSR count). The normalized spacial score (nSPS) is 12.7. The number of carbonyl (C=O) groups is 1. The van der Waals surface area contributed by atoms with Crippen LogP contribution in [0.3, 0.4) is 0 Å². The first kappa shape index (κ1) is 21.1. The molecule has 0 saturated heterocycles. The average Bonchev–Trinajstić information content (AvgIpc) is 2.58. The number of ketones is 1. The maximum atomic E-state index is 13.0. The lowest BCUT2D eigenvalue weighted by molar-refractivity contribution is -0.385. The minimum Gasteiger partial charge on any atom is -0.321 e. The number of hydrogen-bond donors (Lipinski definition) is 2. The van der Waals surface area contributed by atoms with E-state index in [4.69, 9.17) is 0 Å². The van der Waals surface area contributed by atoms with Crippen molar-refractivity contribution in [2.24, 2.45) is 0 Å². The number of rotatable bonds is 7. The van der Waals surface area contributed by atoms with Crippen molar-refractivity contribution in [3.63, 3.8) is 0 Å². The molecule has 0 aliphatic rings. The fraction of sp³-hybridized carbons (Fsp3) is 0.167. The first-order valence-electron chi connectivity index (χ1n) is 7.82. The van der Waals surface area contributed by atoms with Crippen molar-refractivity contribution in [1.82, 2.24) is 0 Å². The van der Waals surface area contributed by atoms with Gasteiger partial charge in [-0.05, 0) is 38.1 Å². The van der Waals surface area contributed by atoms with Crippen LogP contribution in [-0.2, 0) is 9.36 Å². The van der Waals surface area contributed by atoms with Gasteiger partial charge in [-0.15, -0.1) is 11.8 Å². The van der Waals surface area contributed by atoms with Gasteiger partial charge in [0.2, 0.25) is 0 Å². The first-order chi connectivity index (χ1) is 12.5. The zero-order valence-corrected chi connectivity index (χ0v) is 16.3. The first-order valence-corrected chi connectivity index (χ1v) is 10.3. The number of nitrogens with zero attached hydrogens (tertiary/aromatic N) is 1. The number of Topliss-reactive ketones (excluding diaryl/α,β-unsaturated/α-hetero) is 1. The maximum absolute atomic E-state index is 13.0. The molecule has 0 unspecified atom stereocenters. The van der Waals surface area contributed by atoms with Crippen LogP contribution >= 0.6 is 19.4 Å². The maximum Gasteiger partial charge on any atom is 0.359 e. The fourth-order valence-electron chi connectivity index (χ4n) is 2.34. The summed E-state index contributed by atoms with van der Waals surface area (Å²) in [6.45, 7) is 3.10. The Bertz CT molecular complexity index is 936. The number of para-hydroxylation sites is 1. The molecule has 0 spiro atoms. The van der Waals surface area contributed by atoms with E-state index < -0.39 is 28.4 Å². The summed E-state index contributed by atoms with van der Waals surface area (Å²) in [5, 5.41) is 10.4. The van der Waals surface area contributed by atoms with E-state index >= 15 is 0 Å². The van der Waals surface area contributed by atoms with Gasteiger partial charge in [-0.2, -0.15) is 0 Å². The van der Waals surface area contributed by atoms with Crippen molar-refractivity contribution >= 4 is 36.9 Å². The molecule has 9 heteroatoms. The van der Waals surface area contributed by atoms with Gasteiger partial charge < -0.3 is 9.79 Å². The molecule has 0 bridgehead atoms. The van der Waals surface area contributed by atoms with E-state index in [1.165, 1.54) is 24.3 Å². The molecule has 0 aromatic heterocycles. The molecule has 0 aliphatic carbocycles. The smallest absolute Gasteiger partial charge is 0.321 e. The van der Waals surface area contributed by atoms with Gasteiger partial charge >= 0.3 is 7.60 Å². The van der Waals surface area contributed by atoms with Gasteiger partial charge in [-0.3, -0.25) is 19.5 Å². The molecule has 142 valence electrons. The summed E-state index contributed by atoms with van der Waals surface area (Å²) >= 11 is 1.15. The molecule has 0 radical (unpaired) electrons. The van der Waals surface area contributed by atoms with Gasteiger partial charge in [0.1, 0.15) is 5.31 Å². The van der Waals surface area contributed by atoms with E-state index in [9.17, 15) is 29.3 Å². The Labute approximate surface area is 160 Å². The van der Waals surface area contributed by atoms with E-state index in [0.717, 1.165) is 22.7 Å². The Balaban J connectivity index is 2.50. The number of nitro groups is 1. The molecule has 0 atom stereocenters. The Morgan fingerprint density at radius 3 is 2.22 bits per heavy atom. The summed E-state index contributed by atoms with van der Waals surface area (Å²) in [4.78, 5) is 43.6. The molecular formula is C18H18NO6PS. The van der Waals surface area contributed by atoms with Gasteiger partial charge in [-0.25, -0.2) is 0 Å². The topological polar surface area (TPSA) is 118 Å². The highest BCUT2D eigenvalue weighted by Gasteiger charge is 2.39. The van der Waals surface area contributed by atoms with E-state index in [2.05, 4.69) is 0 Å². The van der Waals surface area contributed by atoms with Gasteiger partial charge in [0.15, 0.2) is 5.78 Å². The fourth-order valence-corrected chi connectivity index (χ4v) is 4.36. The van der Waals surface area contributed by atoms with Crippen LogP contribution in [0, 0.1) is 10.1 Å². The number of hydrogen-bond acceptors (Lipinski definition) is 5. The minimum absolute atomic E-state index is 0.0466. The summed E-state index contributed by atoms with van der Waals surface area (Å²) in [5.41, 5.74) is -0.389. The molecule has 7 nitrogen and oxygen atoms in total. The molecule has 0 fully saturated rings. The zero-order chi connectivity index (χ0) is 20.2. The standard InChI is InChI=1S/C18H18NO6PS/c1-18(2,27-14-9-4-3-5-10-14)17(20)16(26(23,24)25)12-13-8-6-7-11-15(13)19(21)22/h3-12H,1-2H3,(H2,23,24,25)/b16-12-. The third-order valence-corrected chi connectivity index (χ3v) is 5.80. The van der Waals surface area contributed by atoms with Crippen LogP contribution < -0.4 is 0 Å². The summed E-state index contributed by atoms with van der Waals surface area (Å²) in [6.07, 6.45) is 0.911. The number of allylic oxidation sites excluding steroid dienone is 1. The predicted molar refractivity (Wildman–Crippen MR) is 105 cm³/mol. The zero-order valence-electron chi connectivity index (χ0n) is 14.6. The van der Waals surface area contributed by atoms with Crippen LogP contribution in [0.15, 0.2) is 64.8 Å². The van der Waals surface area contributed by atoms with Crippen LogP contribution in [0.25, 0.3) is 6.08 Å². The monoisotopic (exact) mass is 407 g/mol. The van der Waals surface area contributed by atoms with Gasteiger partial charge in [-0.1, -0.05) is 30.3 Å². The van der Waals surface area contributed by atoms with Gasteiger partial charge in [0, 0.05) is 11.0 Å². The van der Waals surface area contributed by atoms with Crippen molar-refractivity contribution in [2.45, 2.75) is 23.5 Å². The van der Waals surface area contributed by atoms with Crippen LogP contribution in [0.5, 0.6) is 0 Å². The van der Waals surface area contributed by atoms with Crippen LogP contribution in [-0.4, -0.2) is 25.2 Å². The number of carbonyl (C=O) groups excluding carboxylic acids is 1. The third kappa shape index (κ3) is 5.37. The largest absolute Gasteiger partial charge is 0.359 e. The minimum atomic E-state index is -4.97. The van der Waals surface area contributed by atoms with Crippen molar-refractivity contribution in [3.8, 4) is 0 Å². The molecule has 0 saturated carbocycles. The second kappa shape index (κ2) is 8.19. The van der Waals surface area contributed by atoms with E-state index in [0.29, 0.717) is 0 Å². The molecular weight excluding hydrogens is 389 g/mol. The SMILES string of the molecule is CC(C)(Sc1ccccc1)C(=O)/C(=C/c1ccccc1[N+](=O)[O-])P(=O)(O)O. The van der Waals surface area contributed by atoms with Crippen molar-refractivity contribution < 1.29 is 24.1 Å². The van der Waals surface area contributed by atoms with Crippen molar-refractivity contribution in [1.29, 1.82) is 0 Å². The number of thioether (sulfide) groups is 1. The Morgan fingerprint density at radius 1 is 1.11 bits per heavy atom. The van der Waals surface area contributed by atoms with E-state index in [1.54, 1.807) is 38.1 Å². The highest BCUT2D eigenvalue weighted by molar-refractivity contribution is 8.01. The molecule has 27 heavy (non-hydrogen) atoms. The Morgan fingerprint density at radius 2 is 1.67 bits per heavy atom. The highest BCUT2D eigenvalue weighted by Crippen LogP contribution is 2.50. The van der Waals surface area contributed by atoms with Gasteiger partial charge in [0.05, 0.1) is 15.2 Å². The van der Waals surface area contributed by atoms with Crippen LogP contribution in [0.2, 0.25) is 0 Å². The predicted octanol–water partition coefficient (Wildman–Crippen LogP) is 4.25. The molecule has 0 heterocycles. The molecule has 0 amide bonds. The molecule has 2 N–H and O–H groups in total. The van der Waals surface area contributed by atoms with E-state index in [1.807, 2.05) is 6.07 Å². The quantitative estimate of drug-likeness (QED) is 0.232. The van der Waals surface area contributed by atoms with Crippen LogP contribution in [0.1, 0.15) is 19.4 Å². The number of nitro benzene ring substituents is 1. The summed E-state index contributed by atoms with van der Waals surface area (Å²) in [6, 6.07) is 14.4. The van der Waals surface area contributed by atoms with Crippen molar-refractivity contribution in [2.75, 3.05) is 0 Å². The second-order valence-electron chi connectivity index (χ2n) is 6.14. The highest BCUT2D eigenvalue weighted by atomic mass is 32.2. The molecule has 2 aromatic rings. The summed E-state index contributed by atoms with van der Waals surface area (Å²) in [5.74, 6) is -0.789. The Kier molecular flexibility index (Phi) is 6.38. The molecule has 0 aliphatic heterocycles. The van der Waals surface area contributed by atoms with Crippen LogP contribution in [0.4, 0.5) is 5.69 Å². The summed E-state index contributed by atoms with van der Waals surface area (Å²) in [7, 11) is -4.97. The lowest BCUT2D eigenvalue weighted by atomic mass is 10.1. The average molecular weight is 407 g/mol. The Hall–Kier alpha value is -2.25. The molecule has 2 aromatic carbocycles. The lowest BCUT2D eigenvalue weighted by Gasteiger charge is -2.24. The summed E-state index contributed by atoms with van der Waals surface area (Å²) < 4.78 is 10.8. The van der Waals surface area contributed by atoms with Crippen molar-refractivity contribution in [3.05, 3.63) is 75.6 Å². The second-order valence-corrected chi connectivity index (χ2v) is 9.41. The number of benzene rings is 2. The van der Waals surface area contributed by atoms with E-state index in [-0.39, 0.29) is 11.3 Å². The van der Waals surface area contributed by atoms with Gasteiger partial charge in [0.25, 0.3) is 5.69 Å².